The molecular weight excluding hydrogens is 378 g/mol. The Hall–Kier alpha value is 0.293. The predicted octanol–water partition coefficient (Wildman–Crippen LogP) is -0.466. The van der Waals surface area contributed by atoms with Gasteiger partial charge < -0.3 is 24.8 Å². The van der Waals surface area contributed by atoms with E-state index in [2.05, 4.69) is 48.8 Å². The van der Waals surface area contributed by atoms with E-state index in [1.54, 1.807) is 16.7 Å². The van der Waals surface area contributed by atoms with Crippen LogP contribution in [-0.2, 0) is 21.3 Å². The van der Waals surface area contributed by atoms with E-state index in [0.717, 1.165) is 0 Å². The van der Waals surface area contributed by atoms with Gasteiger partial charge >= 0.3 is 126 Å². The van der Waals surface area contributed by atoms with Crippen LogP contribution in [0.3, 0.4) is 0 Å². The number of hydrogen-bond acceptors (Lipinski definition) is 0. The van der Waals surface area contributed by atoms with Crippen molar-refractivity contribution in [2.45, 2.75) is 57.0 Å². The van der Waals surface area contributed by atoms with Crippen molar-refractivity contribution in [2.24, 2.45) is 0 Å². The fourth-order valence-electron chi connectivity index (χ4n) is 2.99. The summed E-state index contributed by atoms with van der Waals surface area (Å²) in [4.78, 5) is 0. The topological polar surface area (TPSA) is 0 Å². The minimum absolute atomic E-state index is 0. The normalized spacial score (nSPS) is 16.5. The third-order valence-corrected chi connectivity index (χ3v) is 11.6. The van der Waals surface area contributed by atoms with E-state index in [-0.39, 0.29) is 24.8 Å². The maximum Gasteiger partial charge on any atom is -1.00 e. The molecule has 0 heterocycles. The first-order valence-electron chi connectivity index (χ1n) is 7.63. The van der Waals surface area contributed by atoms with E-state index in [9.17, 15) is 0 Å². The summed E-state index contributed by atoms with van der Waals surface area (Å²) < 4.78 is 6.07. The van der Waals surface area contributed by atoms with Gasteiger partial charge in [-0.2, -0.15) is 0 Å². The SMILES string of the molecule is CCC[CH]=[Zr+2]([CH2]CC1=CC=CC1)[C]1=C(C)CC=C1C.[Cl-].[Cl-]. The Morgan fingerprint density at radius 2 is 1.95 bits per heavy atom. The van der Waals surface area contributed by atoms with Crippen molar-refractivity contribution in [3.8, 4) is 0 Å². The van der Waals surface area contributed by atoms with Gasteiger partial charge in [0.2, 0.25) is 0 Å². The molecule has 0 N–H and O–H groups in total. The molecule has 0 nitrogen and oxygen atoms in total. The molecule has 0 aromatic carbocycles. The molecule has 116 valence electrons. The van der Waals surface area contributed by atoms with Crippen LogP contribution >= 0.6 is 0 Å². The van der Waals surface area contributed by atoms with Gasteiger partial charge in [0, 0.05) is 0 Å². The largest absolute Gasteiger partial charge is 1.00 e. The first-order chi connectivity index (χ1) is 9.22. The Kier molecular flexibility index (Phi) is 11.1. The second-order valence-corrected chi connectivity index (χ2v) is 11.8. The average Bonchev–Trinajstić information content (AvgIpc) is 3.02. The number of halogens is 2. The number of rotatable bonds is 6. The fourth-order valence-corrected chi connectivity index (χ4v) is 10.7. The van der Waals surface area contributed by atoms with Gasteiger partial charge in [0.1, 0.15) is 0 Å². The molecule has 0 amide bonds. The molecule has 0 unspecified atom stereocenters. The summed E-state index contributed by atoms with van der Waals surface area (Å²) >= 11 is -1.49. The van der Waals surface area contributed by atoms with Gasteiger partial charge in [-0.05, 0) is 0 Å². The molecule has 0 bridgehead atoms. The van der Waals surface area contributed by atoms with Crippen LogP contribution in [0.5, 0.6) is 0 Å². The summed E-state index contributed by atoms with van der Waals surface area (Å²) in [5.41, 5.74) is 4.94. The second-order valence-electron chi connectivity index (χ2n) is 5.72. The summed E-state index contributed by atoms with van der Waals surface area (Å²) in [6.07, 6.45) is 15.7. The Morgan fingerprint density at radius 1 is 1.19 bits per heavy atom. The van der Waals surface area contributed by atoms with E-state index < -0.39 is 21.3 Å². The zero-order chi connectivity index (χ0) is 13.7. The molecule has 0 saturated carbocycles. The number of hydrogen-bond donors (Lipinski definition) is 0. The van der Waals surface area contributed by atoms with Crippen molar-refractivity contribution in [1.29, 1.82) is 0 Å². The zero-order valence-electron chi connectivity index (χ0n) is 13.4. The summed E-state index contributed by atoms with van der Waals surface area (Å²) in [7, 11) is 0. The standard InChI is InChI=1S/2C7H9.C4H8.2ClH.Zr/c1-6-3-4-7(2)5-6;1-2-7-5-3-4-6-7;1-3-4-2;;;/h3H,4H2,1-2H3;3-5H,1-2,6H2;1H,3-4H2,2H3;2*1H;/q;;;;;+2/p-2. The molecule has 2 aliphatic carbocycles. The van der Waals surface area contributed by atoms with E-state index in [0.29, 0.717) is 0 Å². The smallest absolute Gasteiger partial charge is 1.00 e. The van der Waals surface area contributed by atoms with Crippen LogP contribution in [0.15, 0.2) is 44.3 Å². The molecule has 0 saturated heterocycles. The second kappa shape index (κ2) is 10.9. The van der Waals surface area contributed by atoms with Gasteiger partial charge in [-0.3, -0.25) is 0 Å². The van der Waals surface area contributed by atoms with Crippen molar-refractivity contribution in [1.82, 2.24) is 0 Å². The molecule has 2 aliphatic rings. The number of allylic oxidation sites excluding steroid dienone is 8. The fraction of sp³-hybridized carbons (Fsp3) is 0.500. The van der Waals surface area contributed by atoms with E-state index >= 15 is 0 Å². The van der Waals surface area contributed by atoms with Crippen LogP contribution in [-0.4, -0.2) is 3.71 Å². The molecule has 0 aromatic rings. The van der Waals surface area contributed by atoms with E-state index in [1.165, 1.54) is 36.2 Å². The molecule has 0 atom stereocenters. The van der Waals surface area contributed by atoms with Crippen LogP contribution < -0.4 is 24.8 Å². The molecule has 0 fully saturated rings. The maximum absolute atomic E-state index is 2.76. The Labute approximate surface area is 150 Å². The minimum atomic E-state index is -1.49. The summed E-state index contributed by atoms with van der Waals surface area (Å²) in [6.45, 7) is 7.00. The van der Waals surface area contributed by atoms with Gasteiger partial charge in [0.25, 0.3) is 0 Å². The van der Waals surface area contributed by atoms with Gasteiger partial charge in [-0.1, -0.05) is 0 Å². The molecular formula is C18H26Cl2Zr. The minimum Gasteiger partial charge on any atom is -1.00 e. The quantitative estimate of drug-likeness (QED) is 0.562. The van der Waals surface area contributed by atoms with Crippen molar-refractivity contribution >= 4 is 3.71 Å². The van der Waals surface area contributed by atoms with Gasteiger partial charge in [0.05, 0.1) is 0 Å². The molecule has 0 aromatic heterocycles. The number of unbranched alkanes of at least 4 members (excludes halogenated alkanes) is 1. The van der Waals surface area contributed by atoms with Crippen molar-refractivity contribution in [3.63, 3.8) is 0 Å². The first kappa shape index (κ1) is 21.3. The van der Waals surface area contributed by atoms with Crippen molar-refractivity contribution < 1.29 is 46.1 Å². The van der Waals surface area contributed by atoms with Gasteiger partial charge in [-0.25, -0.2) is 0 Å². The third-order valence-electron chi connectivity index (χ3n) is 4.10. The molecule has 0 spiro atoms. The monoisotopic (exact) mass is 402 g/mol. The summed E-state index contributed by atoms with van der Waals surface area (Å²) in [6, 6.07) is 0. The summed E-state index contributed by atoms with van der Waals surface area (Å²) in [5, 5.41) is 0. The molecule has 0 radical (unpaired) electrons. The third kappa shape index (κ3) is 6.13. The molecule has 2 rings (SSSR count). The first-order valence-corrected chi connectivity index (χ1v) is 12.0. The van der Waals surface area contributed by atoms with Crippen LogP contribution in [0.25, 0.3) is 0 Å². The van der Waals surface area contributed by atoms with Crippen LogP contribution in [0.1, 0.15) is 52.9 Å². The van der Waals surface area contributed by atoms with Gasteiger partial charge in [0.15, 0.2) is 0 Å². The van der Waals surface area contributed by atoms with Crippen LogP contribution in [0.4, 0.5) is 0 Å². The predicted molar refractivity (Wildman–Crippen MR) is 83.3 cm³/mol. The summed E-state index contributed by atoms with van der Waals surface area (Å²) in [5.74, 6) is 0. The van der Waals surface area contributed by atoms with Crippen LogP contribution in [0.2, 0.25) is 4.13 Å². The Balaban J connectivity index is 0.00000200. The van der Waals surface area contributed by atoms with Crippen molar-refractivity contribution in [3.05, 3.63) is 44.3 Å². The molecule has 3 heteroatoms. The van der Waals surface area contributed by atoms with Gasteiger partial charge in [-0.15, -0.1) is 0 Å². The molecule has 0 aliphatic heterocycles. The van der Waals surface area contributed by atoms with E-state index in [4.69, 9.17) is 0 Å². The average molecular weight is 405 g/mol. The Bertz CT molecular complexity index is 493. The maximum atomic E-state index is 2.76. The van der Waals surface area contributed by atoms with Crippen molar-refractivity contribution in [2.75, 3.05) is 0 Å². The zero-order valence-corrected chi connectivity index (χ0v) is 17.4. The Morgan fingerprint density at radius 3 is 2.48 bits per heavy atom. The van der Waals surface area contributed by atoms with Crippen LogP contribution in [0, 0.1) is 0 Å². The van der Waals surface area contributed by atoms with E-state index in [1.807, 2.05) is 3.28 Å². The molecule has 21 heavy (non-hydrogen) atoms.